The summed E-state index contributed by atoms with van der Waals surface area (Å²) in [6.45, 7) is 3.84. The highest BCUT2D eigenvalue weighted by Crippen LogP contribution is 2.29. The van der Waals surface area contributed by atoms with Crippen molar-refractivity contribution in [1.82, 2.24) is 0 Å². The second kappa shape index (κ2) is 5.17. The molecule has 1 aromatic heterocycles. The lowest BCUT2D eigenvalue weighted by Crippen LogP contribution is -2.34. The van der Waals surface area contributed by atoms with Gasteiger partial charge in [-0.3, -0.25) is 4.79 Å². The van der Waals surface area contributed by atoms with Gasteiger partial charge in [0.2, 0.25) is 5.91 Å². The maximum absolute atomic E-state index is 11.8. The van der Waals surface area contributed by atoms with Crippen LogP contribution >= 0.6 is 22.9 Å². The Morgan fingerprint density at radius 2 is 2.19 bits per heavy atom. The molecule has 0 aliphatic heterocycles. The molecule has 0 fully saturated rings. The molecule has 1 rings (SSSR count). The minimum atomic E-state index is -0.302. The molecular weight excluding hydrogens is 244 g/mol. The molecule has 1 aromatic rings. The Hall–Kier alpha value is -0.580. The van der Waals surface area contributed by atoms with Crippen LogP contribution in [0.3, 0.4) is 0 Å². The number of nitrogens with zero attached hydrogens (tertiary/aromatic N) is 1. The van der Waals surface area contributed by atoms with Gasteiger partial charge in [0.15, 0.2) is 0 Å². The van der Waals surface area contributed by atoms with E-state index in [1.165, 1.54) is 11.3 Å². The fraction of sp³-hybridized carbons (Fsp3) is 0.545. The monoisotopic (exact) mass is 260 g/mol. The Kier molecular flexibility index (Phi) is 4.35. The molecule has 0 atom stereocenters. The predicted molar refractivity (Wildman–Crippen MR) is 70.2 cm³/mol. The van der Waals surface area contributed by atoms with Crippen LogP contribution in [0.5, 0.6) is 0 Å². The lowest BCUT2D eigenvalue weighted by molar-refractivity contribution is -0.118. The van der Waals surface area contributed by atoms with Crippen LogP contribution in [-0.2, 0) is 4.79 Å². The molecule has 0 bridgehead atoms. The zero-order chi connectivity index (χ0) is 12.3. The first-order valence-electron chi connectivity index (χ1n) is 5.10. The Labute approximate surface area is 105 Å². The third-order valence-electron chi connectivity index (χ3n) is 2.25. The fourth-order valence-corrected chi connectivity index (χ4v) is 2.22. The summed E-state index contributed by atoms with van der Waals surface area (Å²) in [5.41, 5.74) is 5.54. The van der Waals surface area contributed by atoms with Crippen LogP contribution in [0, 0.1) is 0 Å². The summed E-state index contributed by atoms with van der Waals surface area (Å²) in [6, 6.07) is 3.64. The maximum atomic E-state index is 11.8. The SMILES string of the molecule is CN(C(=O)CCC(C)(C)N)c1ccc(Cl)s1. The standard InChI is InChI=1S/C11H17ClN2OS/c1-11(2,13)7-6-9(15)14(3)10-5-4-8(12)16-10/h4-5H,6-7,13H2,1-3H3. The lowest BCUT2D eigenvalue weighted by atomic mass is 10.00. The molecule has 16 heavy (non-hydrogen) atoms. The molecule has 0 saturated carbocycles. The van der Waals surface area contributed by atoms with Crippen molar-refractivity contribution >= 4 is 33.8 Å². The largest absolute Gasteiger partial charge is 0.326 e. The highest BCUT2D eigenvalue weighted by molar-refractivity contribution is 7.20. The summed E-state index contributed by atoms with van der Waals surface area (Å²) >= 11 is 7.22. The zero-order valence-corrected chi connectivity index (χ0v) is 11.4. The first-order valence-corrected chi connectivity index (χ1v) is 6.30. The molecule has 0 unspecified atom stereocenters. The summed E-state index contributed by atoms with van der Waals surface area (Å²) in [4.78, 5) is 13.5. The minimum Gasteiger partial charge on any atom is -0.326 e. The van der Waals surface area contributed by atoms with Crippen LogP contribution in [0.15, 0.2) is 12.1 Å². The molecule has 3 nitrogen and oxygen atoms in total. The summed E-state index contributed by atoms with van der Waals surface area (Å²) in [6.07, 6.45) is 1.13. The predicted octanol–water partition coefficient (Wildman–Crippen LogP) is 2.88. The highest BCUT2D eigenvalue weighted by Gasteiger charge is 2.17. The molecule has 1 heterocycles. The maximum Gasteiger partial charge on any atom is 0.227 e. The quantitative estimate of drug-likeness (QED) is 0.905. The Bertz CT molecular complexity index is 370. The third kappa shape index (κ3) is 4.12. The first-order chi connectivity index (χ1) is 7.29. The first kappa shape index (κ1) is 13.5. The molecular formula is C11H17ClN2OS. The van der Waals surface area contributed by atoms with Gasteiger partial charge in [-0.05, 0) is 32.4 Å². The molecule has 0 aliphatic rings. The summed E-state index contributed by atoms with van der Waals surface area (Å²) in [5.74, 6) is 0.0667. The van der Waals surface area contributed by atoms with Crippen molar-refractivity contribution in [3.63, 3.8) is 0 Å². The van der Waals surface area contributed by atoms with Crippen molar-refractivity contribution in [3.05, 3.63) is 16.5 Å². The van der Waals surface area contributed by atoms with Gasteiger partial charge in [-0.15, -0.1) is 11.3 Å². The van der Waals surface area contributed by atoms with Gasteiger partial charge in [-0.25, -0.2) is 0 Å². The number of carbonyl (C=O) groups excluding carboxylic acids is 1. The molecule has 0 aromatic carbocycles. The Morgan fingerprint density at radius 3 is 2.62 bits per heavy atom. The third-order valence-corrected chi connectivity index (χ3v) is 3.55. The van der Waals surface area contributed by atoms with E-state index in [9.17, 15) is 4.79 Å². The van der Waals surface area contributed by atoms with E-state index in [0.29, 0.717) is 17.2 Å². The van der Waals surface area contributed by atoms with Gasteiger partial charge in [0, 0.05) is 19.0 Å². The van der Waals surface area contributed by atoms with E-state index in [1.54, 1.807) is 18.0 Å². The number of amides is 1. The number of nitrogens with two attached hydrogens (primary N) is 1. The molecule has 0 radical (unpaired) electrons. The second-order valence-electron chi connectivity index (χ2n) is 4.52. The van der Waals surface area contributed by atoms with Gasteiger partial charge in [0.05, 0.1) is 9.34 Å². The average molecular weight is 261 g/mol. The number of anilines is 1. The van der Waals surface area contributed by atoms with Crippen molar-refractivity contribution in [1.29, 1.82) is 0 Å². The van der Waals surface area contributed by atoms with Gasteiger partial charge in [0.25, 0.3) is 0 Å². The van der Waals surface area contributed by atoms with E-state index in [1.807, 2.05) is 19.9 Å². The second-order valence-corrected chi connectivity index (χ2v) is 6.21. The van der Waals surface area contributed by atoms with E-state index in [0.717, 1.165) is 5.00 Å². The van der Waals surface area contributed by atoms with E-state index < -0.39 is 0 Å². The van der Waals surface area contributed by atoms with Crippen molar-refractivity contribution in [2.24, 2.45) is 5.73 Å². The van der Waals surface area contributed by atoms with Crippen LogP contribution in [0.2, 0.25) is 4.34 Å². The smallest absolute Gasteiger partial charge is 0.227 e. The molecule has 5 heteroatoms. The van der Waals surface area contributed by atoms with Crippen molar-refractivity contribution in [3.8, 4) is 0 Å². The number of rotatable bonds is 4. The summed E-state index contributed by atoms with van der Waals surface area (Å²) in [7, 11) is 1.76. The minimum absolute atomic E-state index is 0.0667. The molecule has 2 N–H and O–H groups in total. The lowest BCUT2D eigenvalue weighted by Gasteiger charge is -2.20. The van der Waals surface area contributed by atoms with Crippen molar-refractivity contribution in [2.75, 3.05) is 11.9 Å². The van der Waals surface area contributed by atoms with Crippen LogP contribution in [-0.4, -0.2) is 18.5 Å². The number of thiophene rings is 1. The number of halogens is 1. The number of hydrogen-bond donors (Lipinski definition) is 1. The zero-order valence-electron chi connectivity index (χ0n) is 9.79. The van der Waals surface area contributed by atoms with Crippen molar-refractivity contribution in [2.45, 2.75) is 32.2 Å². The van der Waals surface area contributed by atoms with Gasteiger partial charge < -0.3 is 10.6 Å². The average Bonchev–Trinajstić information content (AvgIpc) is 2.59. The highest BCUT2D eigenvalue weighted by atomic mass is 35.5. The van der Waals surface area contributed by atoms with Gasteiger partial charge in [-0.1, -0.05) is 11.6 Å². The molecule has 0 saturated heterocycles. The van der Waals surface area contributed by atoms with Gasteiger partial charge >= 0.3 is 0 Å². The Morgan fingerprint density at radius 1 is 1.56 bits per heavy atom. The van der Waals surface area contributed by atoms with Crippen LogP contribution in [0.1, 0.15) is 26.7 Å². The fourth-order valence-electron chi connectivity index (χ4n) is 1.20. The van der Waals surface area contributed by atoms with Crippen LogP contribution in [0.4, 0.5) is 5.00 Å². The van der Waals surface area contributed by atoms with Crippen molar-refractivity contribution < 1.29 is 4.79 Å². The molecule has 90 valence electrons. The van der Waals surface area contributed by atoms with E-state index in [2.05, 4.69) is 0 Å². The summed E-state index contributed by atoms with van der Waals surface area (Å²) in [5, 5.41) is 0.866. The molecule has 1 amide bonds. The number of hydrogen-bond acceptors (Lipinski definition) is 3. The molecule has 0 spiro atoms. The molecule has 0 aliphatic carbocycles. The number of carbonyl (C=O) groups is 1. The van der Waals surface area contributed by atoms with E-state index in [-0.39, 0.29) is 11.4 Å². The van der Waals surface area contributed by atoms with Crippen LogP contribution < -0.4 is 10.6 Å². The van der Waals surface area contributed by atoms with E-state index >= 15 is 0 Å². The van der Waals surface area contributed by atoms with Crippen LogP contribution in [0.25, 0.3) is 0 Å². The normalized spacial score (nSPS) is 11.6. The topological polar surface area (TPSA) is 46.3 Å². The summed E-state index contributed by atoms with van der Waals surface area (Å²) < 4.78 is 0.689. The Balaban J connectivity index is 2.55. The van der Waals surface area contributed by atoms with E-state index in [4.69, 9.17) is 17.3 Å². The van der Waals surface area contributed by atoms with Gasteiger partial charge in [-0.2, -0.15) is 0 Å². The van der Waals surface area contributed by atoms with Gasteiger partial charge in [0.1, 0.15) is 0 Å².